The van der Waals surface area contributed by atoms with E-state index in [2.05, 4.69) is 0 Å². The molecule has 0 saturated heterocycles. The van der Waals surface area contributed by atoms with Crippen LogP contribution < -0.4 is 0 Å². The van der Waals surface area contributed by atoms with Crippen LogP contribution in [-0.2, 0) is 0 Å². The van der Waals surface area contributed by atoms with Crippen molar-refractivity contribution in [1.82, 2.24) is 0 Å². The molecule has 250 valence electrons. The van der Waals surface area contributed by atoms with Gasteiger partial charge in [0.05, 0.1) is 0 Å². The molecule has 0 bridgehead atoms. The molecule has 0 nitrogen and oxygen atoms in total. The Balaban J connectivity index is 6.35. The van der Waals surface area contributed by atoms with Gasteiger partial charge in [-0.25, -0.2) is 0 Å². The molecule has 0 unspecified atom stereocenters. The van der Waals surface area contributed by atoms with Gasteiger partial charge >= 0.3 is 226 Å². The van der Waals surface area contributed by atoms with E-state index in [-0.39, 0.29) is 6.16 Å². The molecule has 0 aromatic rings. The van der Waals surface area contributed by atoms with E-state index in [1.54, 1.807) is 20.8 Å². The van der Waals surface area contributed by atoms with Crippen LogP contribution in [0, 0.1) is 0 Å². The first kappa shape index (κ1) is 40.2. The van der Waals surface area contributed by atoms with E-state index in [9.17, 15) is 74.6 Å². The van der Waals surface area contributed by atoms with Crippen LogP contribution in [0.3, 0.4) is 0 Å². The molecular weight excluding hydrogens is 630 g/mol. The van der Waals surface area contributed by atoms with E-state index >= 15 is 0 Å². The summed E-state index contributed by atoms with van der Waals surface area (Å²) in [4.78, 5) is 0. The molecule has 0 aliphatic heterocycles. The quantitative estimate of drug-likeness (QED) is 0.0953. The van der Waals surface area contributed by atoms with Crippen LogP contribution in [0.5, 0.6) is 0 Å². The zero-order chi connectivity index (χ0) is 33.0. The predicted octanol–water partition coefficient (Wildman–Crippen LogP) is 10.9. The second kappa shape index (κ2) is 13.5. The minimum absolute atomic E-state index is 0.174. The van der Waals surface area contributed by atoms with Gasteiger partial charge in [-0.05, 0) is 0 Å². The summed E-state index contributed by atoms with van der Waals surface area (Å²) in [6.45, 7) is 5.42. The van der Waals surface area contributed by atoms with Crippen LogP contribution in [0.15, 0.2) is 0 Å². The number of unbranched alkanes of at least 4 members (excludes halogenated alkanes) is 3. The Morgan fingerprint density at radius 2 is 0.634 bits per heavy atom. The predicted molar refractivity (Wildman–Crippen MR) is 122 cm³/mol. The van der Waals surface area contributed by atoms with Crippen LogP contribution in [0.2, 0.25) is 0 Å². The van der Waals surface area contributed by atoms with Gasteiger partial charge in [0, 0.05) is 0 Å². The topological polar surface area (TPSA) is 0 Å². The zero-order valence-corrected chi connectivity index (χ0v) is 23.4. The minimum atomic E-state index is -8.58. The molecule has 0 aliphatic carbocycles. The van der Waals surface area contributed by atoms with Crippen molar-refractivity contribution in [3.05, 3.63) is 0 Å². The molecule has 0 saturated carbocycles. The zero-order valence-electron chi connectivity index (χ0n) is 22.4. The second-order valence-electron chi connectivity index (χ2n) is 10.3. The van der Waals surface area contributed by atoms with Gasteiger partial charge in [0.1, 0.15) is 0 Å². The molecule has 0 fully saturated rings. The molecule has 0 aromatic heterocycles. The van der Waals surface area contributed by atoms with Crippen molar-refractivity contribution in [3.63, 3.8) is 0 Å². The molecule has 0 amide bonds. The molecule has 18 heteroatoms. The molecule has 0 atom stereocenters. The maximum absolute atomic E-state index is 14.4. The van der Waals surface area contributed by atoms with E-state index in [4.69, 9.17) is 0 Å². The summed E-state index contributed by atoms with van der Waals surface area (Å²) in [5.74, 6) is -55.8. The summed E-state index contributed by atoms with van der Waals surface area (Å²) >= 11 is 0. The Kier molecular flexibility index (Phi) is 13.2. The van der Waals surface area contributed by atoms with Gasteiger partial charge in [0.2, 0.25) is 0 Å². The number of hydrogen-bond donors (Lipinski definition) is 0. The standard InChI is InChI=1S/C23H34F17P/c1-4-7-12-41(13-8-5-2,14-9-6-3)15-10-11-16(24,25)17(26,27)18(28,29)19(30,31)20(32,33)21(34,35)22(36,37)23(38,39)40/h41H,4-15H2,1-3H3. The number of alkyl halides is 17. The summed E-state index contributed by atoms with van der Waals surface area (Å²) in [7, 11) is -2.52. The Hall–Kier alpha value is -0.760. The first-order chi connectivity index (χ1) is 18.1. The fourth-order valence-corrected chi connectivity index (χ4v) is 10.2. The van der Waals surface area contributed by atoms with Gasteiger partial charge in [-0.2, -0.15) is 0 Å². The fourth-order valence-electron chi connectivity index (χ4n) is 4.44. The first-order valence-electron chi connectivity index (χ1n) is 12.9. The molecule has 0 aliphatic rings. The average Bonchev–Trinajstić information content (AvgIpc) is 2.83. The normalized spacial score (nSPS) is 15.9. The summed E-state index contributed by atoms with van der Waals surface area (Å²) in [5.41, 5.74) is 0. The van der Waals surface area contributed by atoms with Crippen molar-refractivity contribution in [2.24, 2.45) is 0 Å². The van der Waals surface area contributed by atoms with Gasteiger partial charge in [0.25, 0.3) is 0 Å². The van der Waals surface area contributed by atoms with Crippen molar-refractivity contribution in [2.75, 3.05) is 24.6 Å². The van der Waals surface area contributed by atoms with Crippen molar-refractivity contribution in [1.29, 1.82) is 0 Å². The summed E-state index contributed by atoms with van der Waals surface area (Å²) in [6, 6.07) is 0. The third-order valence-electron chi connectivity index (χ3n) is 7.17. The second-order valence-corrected chi connectivity index (χ2v) is 15.3. The Labute approximate surface area is 227 Å². The molecule has 41 heavy (non-hydrogen) atoms. The van der Waals surface area contributed by atoms with Crippen LogP contribution in [-0.4, -0.2) is 72.3 Å². The molecular formula is C23H34F17P. The third-order valence-corrected chi connectivity index (χ3v) is 12.8. The van der Waals surface area contributed by atoms with Crippen LogP contribution in [0.4, 0.5) is 74.6 Å². The van der Waals surface area contributed by atoms with E-state index < -0.39 is 67.7 Å². The van der Waals surface area contributed by atoms with Crippen molar-refractivity contribution < 1.29 is 74.6 Å². The molecule has 0 spiro atoms. The summed E-state index contributed by atoms with van der Waals surface area (Å²) < 4.78 is 229. The SMILES string of the molecule is CCCC[PH](CCCC)(CCCC)CCCC(F)(F)C(F)(F)C(F)(F)C(F)(F)C(F)(F)C(F)(F)C(F)(F)C(F)(F)F. The van der Waals surface area contributed by atoms with Gasteiger partial charge in [-0.15, -0.1) is 0 Å². The van der Waals surface area contributed by atoms with Crippen LogP contribution in [0.25, 0.3) is 0 Å². The van der Waals surface area contributed by atoms with Crippen LogP contribution >= 0.6 is 7.26 Å². The first-order valence-corrected chi connectivity index (χ1v) is 15.7. The number of halogens is 17. The van der Waals surface area contributed by atoms with E-state index in [1.165, 1.54) is 0 Å². The van der Waals surface area contributed by atoms with Gasteiger partial charge in [0.15, 0.2) is 0 Å². The third kappa shape index (κ3) is 7.49. The molecule has 0 rings (SSSR count). The fraction of sp³-hybridized carbons (Fsp3) is 1.00. The molecule has 0 N–H and O–H groups in total. The summed E-state index contributed by atoms with van der Waals surface area (Å²) in [5, 5.41) is 0. The van der Waals surface area contributed by atoms with Gasteiger partial charge in [-0.1, -0.05) is 0 Å². The van der Waals surface area contributed by atoms with Crippen molar-refractivity contribution in [3.8, 4) is 0 Å². The van der Waals surface area contributed by atoms with Gasteiger partial charge in [-0.3, -0.25) is 0 Å². The maximum atomic E-state index is 14.4. The monoisotopic (exact) mass is 664 g/mol. The Morgan fingerprint density at radius 1 is 0.366 bits per heavy atom. The average molecular weight is 664 g/mol. The summed E-state index contributed by atoms with van der Waals surface area (Å²) in [6.07, 6.45) is -5.77. The number of hydrogen-bond acceptors (Lipinski definition) is 0. The van der Waals surface area contributed by atoms with Crippen LogP contribution in [0.1, 0.15) is 72.1 Å². The Bertz CT molecular complexity index is 783. The molecule has 0 heterocycles. The van der Waals surface area contributed by atoms with E-state index in [0.29, 0.717) is 57.0 Å². The van der Waals surface area contributed by atoms with Crippen molar-refractivity contribution >= 4 is 7.26 Å². The molecule has 0 radical (unpaired) electrons. The van der Waals surface area contributed by atoms with Crippen molar-refractivity contribution in [2.45, 2.75) is 120 Å². The Morgan fingerprint density at radius 3 is 0.927 bits per heavy atom. The van der Waals surface area contributed by atoms with E-state index in [0.717, 1.165) is 0 Å². The number of rotatable bonds is 19. The van der Waals surface area contributed by atoms with E-state index in [1.807, 2.05) is 0 Å². The van der Waals surface area contributed by atoms with Gasteiger partial charge < -0.3 is 0 Å². The molecule has 0 aromatic carbocycles.